The summed E-state index contributed by atoms with van der Waals surface area (Å²) in [6.07, 6.45) is 5.13. The van der Waals surface area contributed by atoms with Crippen molar-refractivity contribution < 1.29 is 9.90 Å². The average Bonchev–Trinajstić information content (AvgIpc) is 2.80. The maximum absolute atomic E-state index is 11.5. The number of carbonyl (C=O) groups is 1. The zero-order valence-electron chi connectivity index (χ0n) is 11.7. The van der Waals surface area contributed by atoms with Gasteiger partial charge in [-0.15, -0.1) is 0 Å². The minimum atomic E-state index is -0.734. The van der Waals surface area contributed by atoms with E-state index in [9.17, 15) is 9.90 Å². The van der Waals surface area contributed by atoms with Crippen LogP contribution in [-0.4, -0.2) is 16.1 Å². The number of fused-ring (bicyclic) bond motifs is 1. The molecule has 0 fully saturated rings. The van der Waals surface area contributed by atoms with Gasteiger partial charge in [0.15, 0.2) is 0 Å². The third kappa shape index (κ3) is 3.75. The van der Waals surface area contributed by atoms with Crippen molar-refractivity contribution in [2.24, 2.45) is 0 Å². The van der Waals surface area contributed by atoms with E-state index in [2.05, 4.69) is 40.6 Å². The Hall–Kier alpha value is -1.04. The van der Waals surface area contributed by atoms with Gasteiger partial charge in [-0.1, -0.05) is 32.6 Å². The predicted octanol–water partition coefficient (Wildman–Crippen LogP) is 4.91. The van der Waals surface area contributed by atoms with Crippen molar-refractivity contribution in [2.75, 3.05) is 0 Å². The van der Waals surface area contributed by atoms with Crippen LogP contribution in [0.2, 0.25) is 0 Å². The largest absolute Gasteiger partial charge is 0.481 e. The van der Waals surface area contributed by atoms with Crippen LogP contribution in [-0.2, 0) is 4.79 Å². The van der Waals surface area contributed by atoms with Gasteiger partial charge >= 0.3 is 5.97 Å². The van der Waals surface area contributed by atoms with Crippen LogP contribution in [0.4, 0.5) is 0 Å². The standard InChI is InChI=1S/C16H20INO2/c1-2-3-4-5-6-13(16(19)20)15-10-11-9-12(17)7-8-14(11)18-15/h7-10,13,18H,2-6H2,1H3,(H,19,20). The molecule has 0 spiro atoms. The van der Waals surface area contributed by atoms with Crippen molar-refractivity contribution in [3.05, 3.63) is 33.5 Å². The lowest BCUT2D eigenvalue weighted by molar-refractivity contribution is -0.139. The summed E-state index contributed by atoms with van der Waals surface area (Å²) in [5.41, 5.74) is 1.84. The summed E-state index contributed by atoms with van der Waals surface area (Å²) in [6, 6.07) is 8.10. The topological polar surface area (TPSA) is 53.1 Å². The molecule has 0 amide bonds. The molecule has 0 saturated heterocycles. The van der Waals surface area contributed by atoms with E-state index in [0.29, 0.717) is 6.42 Å². The van der Waals surface area contributed by atoms with E-state index < -0.39 is 11.9 Å². The fourth-order valence-electron chi connectivity index (χ4n) is 2.50. The van der Waals surface area contributed by atoms with Crippen LogP contribution in [0.25, 0.3) is 10.9 Å². The highest BCUT2D eigenvalue weighted by Crippen LogP contribution is 2.27. The van der Waals surface area contributed by atoms with Gasteiger partial charge in [0.1, 0.15) is 0 Å². The summed E-state index contributed by atoms with van der Waals surface area (Å²) < 4.78 is 1.16. The summed E-state index contributed by atoms with van der Waals surface area (Å²) >= 11 is 2.27. The Morgan fingerprint density at radius 3 is 2.80 bits per heavy atom. The van der Waals surface area contributed by atoms with Gasteiger partial charge in [-0.25, -0.2) is 0 Å². The maximum atomic E-state index is 11.5. The SMILES string of the molecule is CCCCCCC(C(=O)O)c1cc2cc(I)ccc2[nH]1. The molecule has 1 unspecified atom stereocenters. The van der Waals surface area contributed by atoms with Crippen LogP contribution in [0.1, 0.15) is 50.6 Å². The number of rotatable bonds is 7. The Morgan fingerprint density at radius 2 is 2.10 bits per heavy atom. The number of benzene rings is 1. The van der Waals surface area contributed by atoms with Crippen molar-refractivity contribution in [1.29, 1.82) is 0 Å². The Balaban J connectivity index is 2.16. The van der Waals surface area contributed by atoms with Crippen molar-refractivity contribution in [3.8, 4) is 0 Å². The molecule has 0 aliphatic rings. The van der Waals surface area contributed by atoms with Crippen LogP contribution in [0.3, 0.4) is 0 Å². The van der Waals surface area contributed by atoms with Gasteiger partial charge in [-0.05, 0) is 53.3 Å². The predicted molar refractivity (Wildman–Crippen MR) is 90.2 cm³/mol. The normalized spacial score (nSPS) is 12.7. The first-order chi connectivity index (χ1) is 9.61. The molecule has 1 atom stereocenters. The maximum Gasteiger partial charge on any atom is 0.312 e. The lowest BCUT2D eigenvalue weighted by Gasteiger charge is -2.10. The number of carboxylic acid groups (broad SMARTS) is 1. The van der Waals surface area contributed by atoms with E-state index in [1.54, 1.807) is 0 Å². The summed E-state index contributed by atoms with van der Waals surface area (Å²) in [5, 5.41) is 10.5. The van der Waals surface area contributed by atoms with E-state index >= 15 is 0 Å². The third-order valence-corrected chi connectivity index (χ3v) is 4.29. The Kier molecular flexibility index (Phi) is 5.46. The molecule has 0 saturated carbocycles. The van der Waals surface area contributed by atoms with E-state index in [1.165, 1.54) is 12.8 Å². The quantitative estimate of drug-likeness (QED) is 0.526. The van der Waals surface area contributed by atoms with Gasteiger partial charge in [0, 0.05) is 20.2 Å². The molecule has 0 aliphatic carbocycles. The lowest BCUT2D eigenvalue weighted by Crippen LogP contribution is -2.12. The molecule has 3 nitrogen and oxygen atoms in total. The highest BCUT2D eigenvalue weighted by Gasteiger charge is 2.21. The number of H-pyrrole nitrogens is 1. The summed E-state index contributed by atoms with van der Waals surface area (Å²) in [7, 11) is 0. The Labute approximate surface area is 132 Å². The van der Waals surface area contributed by atoms with E-state index in [-0.39, 0.29) is 0 Å². The second kappa shape index (κ2) is 7.11. The molecule has 0 radical (unpaired) electrons. The summed E-state index contributed by atoms with van der Waals surface area (Å²) in [4.78, 5) is 14.7. The van der Waals surface area contributed by atoms with Gasteiger partial charge in [0.05, 0.1) is 5.92 Å². The van der Waals surface area contributed by atoms with Crippen molar-refractivity contribution in [3.63, 3.8) is 0 Å². The molecule has 1 heterocycles. The third-order valence-electron chi connectivity index (χ3n) is 3.62. The van der Waals surface area contributed by atoms with Crippen LogP contribution >= 0.6 is 22.6 Å². The highest BCUT2D eigenvalue weighted by atomic mass is 127. The molecule has 20 heavy (non-hydrogen) atoms. The number of nitrogens with one attached hydrogen (secondary N) is 1. The first-order valence-electron chi connectivity index (χ1n) is 7.12. The van der Waals surface area contributed by atoms with Gasteiger partial charge in [-0.2, -0.15) is 0 Å². The lowest BCUT2D eigenvalue weighted by atomic mass is 9.97. The number of aromatic nitrogens is 1. The van der Waals surface area contributed by atoms with Crippen molar-refractivity contribution >= 4 is 39.5 Å². The molecule has 0 aliphatic heterocycles. The number of hydrogen-bond donors (Lipinski definition) is 2. The first kappa shape index (κ1) is 15.4. The molecule has 1 aromatic heterocycles. The number of halogens is 1. The number of hydrogen-bond acceptors (Lipinski definition) is 1. The number of carboxylic acids is 1. The van der Waals surface area contributed by atoms with E-state index in [4.69, 9.17) is 0 Å². The van der Waals surface area contributed by atoms with Gasteiger partial charge in [0.2, 0.25) is 0 Å². The number of aromatic amines is 1. The van der Waals surface area contributed by atoms with Gasteiger partial charge in [0.25, 0.3) is 0 Å². The fourth-order valence-corrected chi connectivity index (χ4v) is 3.02. The van der Waals surface area contributed by atoms with Crippen LogP contribution < -0.4 is 0 Å². The minimum absolute atomic E-state index is 0.420. The van der Waals surface area contributed by atoms with Crippen LogP contribution in [0.15, 0.2) is 24.3 Å². The monoisotopic (exact) mass is 385 g/mol. The van der Waals surface area contributed by atoms with Crippen molar-refractivity contribution in [2.45, 2.75) is 44.9 Å². The molecule has 108 valence electrons. The van der Waals surface area contributed by atoms with Gasteiger partial charge < -0.3 is 10.1 Å². The smallest absolute Gasteiger partial charge is 0.312 e. The highest BCUT2D eigenvalue weighted by molar-refractivity contribution is 14.1. The summed E-state index contributed by atoms with van der Waals surface area (Å²) in [5.74, 6) is -1.15. The van der Waals surface area contributed by atoms with E-state index in [0.717, 1.165) is 33.0 Å². The number of unbranched alkanes of at least 4 members (excludes halogenated alkanes) is 3. The number of aliphatic carboxylic acids is 1. The molecule has 0 bridgehead atoms. The Morgan fingerprint density at radius 1 is 1.30 bits per heavy atom. The zero-order valence-corrected chi connectivity index (χ0v) is 13.8. The fraction of sp³-hybridized carbons (Fsp3) is 0.438. The molecular weight excluding hydrogens is 365 g/mol. The minimum Gasteiger partial charge on any atom is -0.481 e. The first-order valence-corrected chi connectivity index (χ1v) is 8.20. The van der Waals surface area contributed by atoms with Gasteiger partial charge in [-0.3, -0.25) is 4.79 Å². The second-order valence-corrected chi connectivity index (χ2v) is 6.44. The van der Waals surface area contributed by atoms with Crippen molar-refractivity contribution in [1.82, 2.24) is 4.98 Å². The van der Waals surface area contributed by atoms with Crippen LogP contribution in [0, 0.1) is 3.57 Å². The van der Waals surface area contributed by atoms with E-state index in [1.807, 2.05) is 18.2 Å². The molecular formula is C16H20INO2. The zero-order chi connectivity index (χ0) is 14.5. The molecule has 4 heteroatoms. The molecule has 2 N–H and O–H groups in total. The molecule has 2 aromatic rings. The average molecular weight is 385 g/mol. The Bertz CT molecular complexity index is 591. The van der Waals surface area contributed by atoms with Crippen LogP contribution in [0.5, 0.6) is 0 Å². The second-order valence-electron chi connectivity index (χ2n) is 5.20. The summed E-state index contributed by atoms with van der Waals surface area (Å²) in [6.45, 7) is 2.16. The molecule has 1 aromatic carbocycles. The molecule has 2 rings (SSSR count).